The quantitative estimate of drug-likeness (QED) is 0.758. The van der Waals surface area contributed by atoms with Crippen LogP contribution in [0.15, 0.2) is 18.2 Å². The van der Waals surface area contributed by atoms with Crippen molar-refractivity contribution in [2.75, 3.05) is 5.88 Å². The molecule has 0 radical (unpaired) electrons. The van der Waals surface area contributed by atoms with E-state index in [0.29, 0.717) is 6.42 Å². The van der Waals surface area contributed by atoms with Crippen molar-refractivity contribution in [2.24, 2.45) is 0 Å². The average Bonchev–Trinajstić information content (AvgIpc) is 2.28. The van der Waals surface area contributed by atoms with Gasteiger partial charge in [0.1, 0.15) is 0 Å². The van der Waals surface area contributed by atoms with Gasteiger partial charge in [-0.3, -0.25) is 4.79 Å². The van der Waals surface area contributed by atoms with E-state index in [9.17, 15) is 4.79 Å². The molecule has 0 aromatic heterocycles. The fourth-order valence-electron chi connectivity index (χ4n) is 1.69. The maximum atomic E-state index is 11.3. The third kappa shape index (κ3) is 3.32. The first-order chi connectivity index (χ1) is 7.22. The van der Waals surface area contributed by atoms with Crippen LogP contribution in [-0.4, -0.2) is 11.7 Å². The summed E-state index contributed by atoms with van der Waals surface area (Å²) in [6.45, 7) is 2.11. The number of benzene rings is 1. The van der Waals surface area contributed by atoms with Gasteiger partial charge in [0.2, 0.25) is 0 Å². The van der Waals surface area contributed by atoms with Gasteiger partial charge in [-0.05, 0) is 23.1 Å². The molecule has 0 spiro atoms. The molecule has 0 saturated heterocycles. The van der Waals surface area contributed by atoms with Gasteiger partial charge in [0.25, 0.3) is 0 Å². The molecule has 1 nitrogen and oxygen atoms in total. The summed E-state index contributed by atoms with van der Waals surface area (Å²) in [4.78, 5) is 11.3. The Morgan fingerprint density at radius 3 is 2.60 bits per heavy atom. The first-order valence-corrected chi connectivity index (χ1v) is 6.61. The number of hydrogen-bond donors (Lipinski definition) is 0. The van der Waals surface area contributed by atoms with Crippen molar-refractivity contribution in [3.05, 3.63) is 34.9 Å². The SMILES string of the molecule is CCc1c(CBr)cccc1CC(=O)CCl. The number of carbonyl (C=O) groups excluding carboxylic acids is 1. The van der Waals surface area contributed by atoms with Crippen LogP contribution in [0.2, 0.25) is 0 Å². The molecule has 15 heavy (non-hydrogen) atoms. The van der Waals surface area contributed by atoms with Crippen molar-refractivity contribution in [2.45, 2.75) is 25.1 Å². The van der Waals surface area contributed by atoms with Gasteiger partial charge < -0.3 is 0 Å². The minimum absolute atomic E-state index is 0.0816. The highest BCUT2D eigenvalue weighted by atomic mass is 79.9. The summed E-state index contributed by atoms with van der Waals surface area (Å²) in [6, 6.07) is 6.09. The minimum atomic E-state index is 0.0816. The molecule has 0 unspecified atom stereocenters. The van der Waals surface area contributed by atoms with E-state index in [1.165, 1.54) is 11.1 Å². The fourth-order valence-corrected chi connectivity index (χ4v) is 2.31. The third-order valence-electron chi connectivity index (χ3n) is 2.40. The number of carbonyl (C=O) groups is 1. The Labute approximate surface area is 104 Å². The van der Waals surface area contributed by atoms with E-state index in [-0.39, 0.29) is 11.7 Å². The van der Waals surface area contributed by atoms with E-state index in [1.807, 2.05) is 12.1 Å². The predicted octanol–water partition coefficient (Wildman–Crippen LogP) is 3.49. The molecular weight excluding hydrogens is 275 g/mol. The van der Waals surface area contributed by atoms with Crippen molar-refractivity contribution < 1.29 is 4.79 Å². The summed E-state index contributed by atoms with van der Waals surface area (Å²) >= 11 is 8.97. The molecule has 0 aliphatic rings. The summed E-state index contributed by atoms with van der Waals surface area (Å²) < 4.78 is 0. The van der Waals surface area contributed by atoms with Gasteiger partial charge in [-0.15, -0.1) is 11.6 Å². The summed E-state index contributed by atoms with van der Waals surface area (Å²) in [5.41, 5.74) is 3.64. The van der Waals surface area contributed by atoms with Gasteiger partial charge in [-0.1, -0.05) is 41.1 Å². The van der Waals surface area contributed by atoms with Gasteiger partial charge in [0, 0.05) is 11.8 Å². The van der Waals surface area contributed by atoms with E-state index in [4.69, 9.17) is 11.6 Å². The van der Waals surface area contributed by atoms with E-state index in [1.54, 1.807) is 0 Å². The lowest BCUT2D eigenvalue weighted by Crippen LogP contribution is -2.07. The standard InChI is InChI=1S/C12H14BrClO/c1-2-12-9(6-11(15)8-14)4-3-5-10(12)7-13/h3-5H,2,6-8H2,1H3. The molecule has 0 heterocycles. The van der Waals surface area contributed by atoms with Crippen molar-refractivity contribution in [3.63, 3.8) is 0 Å². The molecule has 0 aliphatic heterocycles. The van der Waals surface area contributed by atoms with Crippen LogP contribution in [0, 0.1) is 0 Å². The van der Waals surface area contributed by atoms with E-state index < -0.39 is 0 Å². The highest BCUT2D eigenvalue weighted by Gasteiger charge is 2.09. The van der Waals surface area contributed by atoms with E-state index >= 15 is 0 Å². The first kappa shape index (κ1) is 12.7. The smallest absolute Gasteiger partial charge is 0.151 e. The normalized spacial score (nSPS) is 10.3. The topological polar surface area (TPSA) is 17.1 Å². The second-order valence-electron chi connectivity index (χ2n) is 3.39. The summed E-state index contributed by atoms with van der Waals surface area (Å²) in [5, 5.41) is 0.832. The molecule has 82 valence electrons. The second kappa shape index (κ2) is 6.29. The Morgan fingerprint density at radius 1 is 1.40 bits per heavy atom. The van der Waals surface area contributed by atoms with Crippen LogP contribution < -0.4 is 0 Å². The van der Waals surface area contributed by atoms with Crippen LogP contribution in [-0.2, 0) is 23.0 Å². The number of alkyl halides is 2. The van der Waals surface area contributed by atoms with Crippen molar-refractivity contribution in [3.8, 4) is 0 Å². The van der Waals surface area contributed by atoms with E-state index in [2.05, 4.69) is 28.9 Å². The summed E-state index contributed by atoms with van der Waals surface area (Å²) in [7, 11) is 0. The van der Waals surface area contributed by atoms with E-state index in [0.717, 1.165) is 17.3 Å². The van der Waals surface area contributed by atoms with Gasteiger partial charge in [0.05, 0.1) is 5.88 Å². The third-order valence-corrected chi connectivity index (χ3v) is 3.31. The predicted molar refractivity (Wildman–Crippen MR) is 67.9 cm³/mol. The molecule has 3 heteroatoms. The Balaban J connectivity index is 3.00. The Kier molecular flexibility index (Phi) is 5.34. The lowest BCUT2D eigenvalue weighted by molar-refractivity contribution is -0.116. The maximum Gasteiger partial charge on any atom is 0.151 e. The molecule has 0 fully saturated rings. The molecule has 1 aromatic carbocycles. The van der Waals surface area contributed by atoms with Crippen LogP contribution in [0.4, 0.5) is 0 Å². The molecule has 0 atom stereocenters. The zero-order chi connectivity index (χ0) is 11.3. The van der Waals surface area contributed by atoms with Crippen LogP contribution in [0.1, 0.15) is 23.6 Å². The van der Waals surface area contributed by atoms with Gasteiger partial charge >= 0.3 is 0 Å². The van der Waals surface area contributed by atoms with Crippen LogP contribution in [0.5, 0.6) is 0 Å². The number of Topliss-reactive ketones (excluding diaryl/α,β-unsaturated/α-hetero) is 1. The zero-order valence-electron chi connectivity index (χ0n) is 8.72. The highest BCUT2D eigenvalue weighted by molar-refractivity contribution is 9.08. The van der Waals surface area contributed by atoms with Gasteiger partial charge in [-0.25, -0.2) is 0 Å². The van der Waals surface area contributed by atoms with Crippen LogP contribution in [0.25, 0.3) is 0 Å². The Hall–Kier alpha value is -0.340. The molecule has 0 aliphatic carbocycles. The summed E-state index contributed by atoms with van der Waals surface area (Å²) in [6.07, 6.45) is 1.40. The van der Waals surface area contributed by atoms with Crippen molar-refractivity contribution >= 4 is 33.3 Å². The molecule has 0 amide bonds. The van der Waals surface area contributed by atoms with Gasteiger partial charge in [-0.2, -0.15) is 0 Å². The number of ketones is 1. The monoisotopic (exact) mass is 288 g/mol. The highest BCUT2D eigenvalue weighted by Crippen LogP contribution is 2.19. The minimum Gasteiger partial charge on any atom is -0.298 e. The molecule has 1 aromatic rings. The molecule has 0 bridgehead atoms. The average molecular weight is 290 g/mol. The maximum absolute atomic E-state index is 11.3. The number of rotatable bonds is 5. The summed E-state index contributed by atoms with van der Waals surface area (Å²) in [5.74, 6) is 0.180. The van der Waals surface area contributed by atoms with Crippen LogP contribution >= 0.6 is 27.5 Å². The van der Waals surface area contributed by atoms with Gasteiger partial charge in [0.15, 0.2) is 5.78 Å². The Morgan fingerprint density at radius 2 is 2.07 bits per heavy atom. The second-order valence-corrected chi connectivity index (χ2v) is 4.22. The van der Waals surface area contributed by atoms with Crippen LogP contribution in [0.3, 0.4) is 0 Å². The first-order valence-electron chi connectivity index (χ1n) is 4.96. The number of hydrogen-bond acceptors (Lipinski definition) is 1. The lowest BCUT2D eigenvalue weighted by atomic mass is 9.96. The van der Waals surface area contributed by atoms with Crippen molar-refractivity contribution in [1.29, 1.82) is 0 Å². The zero-order valence-corrected chi connectivity index (χ0v) is 11.1. The lowest BCUT2D eigenvalue weighted by Gasteiger charge is -2.10. The van der Waals surface area contributed by atoms with Crippen molar-refractivity contribution in [1.82, 2.24) is 0 Å². The molecule has 1 rings (SSSR count). The fraction of sp³-hybridized carbons (Fsp3) is 0.417. The number of halogens is 2. The molecular formula is C12H14BrClO. The Bertz CT molecular complexity index is 349. The molecule has 0 N–H and O–H groups in total. The molecule has 0 saturated carbocycles. The largest absolute Gasteiger partial charge is 0.298 e.